The van der Waals surface area contributed by atoms with Crippen molar-refractivity contribution < 1.29 is 9.47 Å². The minimum absolute atomic E-state index is 0.618. The van der Waals surface area contributed by atoms with Crippen LogP contribution >= 0.6 is 0 Å². The number of rotatable bonds is 3. The van der Waals surface area contributed by atoms with Crippen LogP contribution in [-0.2, 0) is 4.74 Å². The number of nitrogens with zero attached hydrogens (tertiary/aromatic N) is 1. The first kappa shape index (κ1) is 10.3. The smallest absolute Gasteiger partial charge is 0.142 e. The number of ether oxygens (including phenoxy) is 2. The van der Waals surface area contributed by atoms with Crippen molar-refractivity contribution in [1.29, 1.82) is 0 Å². The van der Waals surface area contributed by atoms with E-state index in [2.05, 4.69) is 4.90 Å². The van der Waals surface area contributed by atoms with Crippen molar-refractivity contribution in [2.75, 3.05) is 38.8 Å². The Morgan fingerprint density at radius 1 is 1.20 bits per heavy atom. The van der Waals surface area contributed by atoms with Crippen LogP contribution in [0.3, 0.4) is 0 Å². The lowest BCUT2D eigenvalue weighted by Crippen LogP contribution is -2.38. The fraction of sp³-hybridized carbons (Fsp3) is 0.455. The average Bonchev–Trinajstić information content (AvgIpc) is 2.30. The molecule has 0 spiro atoms. The van der Waals surface area contributed by atoms with E-state index in [1.807, 2.05) is 24.3 Å². The number of morpholine rings is 1. The summed E-state index contributed by atoms with van der Waals surface area (Å²) in [5.41, 5.74) is 6.34. The van der Waals surface area contributed by atoms with Gasteiger partial charge in [-0.1, -0.05) is 0 Å². The van der Waals surface area contributed by atoms with Crippen molar-refractivity contribution in [3.63, 3.8) is 0 Å². The molecule has 0 radical (unpaired) electrons. The van der Waals surface area contributed by atoms with Gasteiger partial charge in [-0.3, -0.25) is 4.90 Å². The molecule has 0 aromatic heterocycles. The number of hydrogen-bond donors (Lipinski definition) is 1. The molecule has 0 bridgehead atoms. The molecule has 0 aliphatic carbocycles. The molecule has 1 aromatic carbocycles. The average molecular weight is 208 g/mol. The second kappa shape index (κ2) is 5.00. The largest absolute Gasteiger partial charge is 0.478 e. The van der Waals surface area contributed by atoms with Crippen molar-refractivity contribution in [3.8, 4) is 5.75 Å². The summed E-state index contributed by atoms with van der Waals surface area (Å²) < 4.78 is 10.9. The third-order valence-electron chi connectivity index (χ3n) is 2.40. The SMILES string of the molecule is Nc1ccc(OCN2CCOCC2)cc1. The van der Waals surface area contributed by atoms with E-state index >= 15 is 0 Å². The fourth-order valence-electron chi connectivity index (χ4n) is 1.46. The van der Waals surface area contributed by atoms with Crippen LogP contribution in [0.25, 0.3) is 0 Å². The van der Waals surface area contributed by atoms with Crippen molar-refractivity contribution in [1.82, 2.24) is 4.90 Å². The lowest BCUT2D eigenvalue weighted by molar-refractivity contribution is 0.00408. The Labute approximate surface area is 89.6 Å². The standard InChI is InChI=1S/C11H16N2O2/c12-10-1-3-11(4-2-10)15-9-13-5-7-14-8-6-13/h1-4H,5-9,12H2. The van der Waals surface area contributed by atoms with Gasteiger partial charge in [0.05, 0.1) is 13.2 Å². The van der Waals surface area contributed by atoms with Gasteiger partial charge in [-0.15, -0.1) is 0 Å². The molecule has 2 N–H and O–H groups in total. The second-order valence-electron chi connectivity index (χ2n) is 3.57. The lowest BCUT2D eigenvalue weighted by atomic mass is 10.3. The van der Waals surface area contributed by atoms with Gasteiger partial charge in [-0.2, -0.15) is 0 Å². The first-order valence-electron chi connectivity index (χ1n) is 5.13. The van der Waals surface area contributed by atoms with E-state index in [4.69, 9.17) is 15.2 Å². The van der Waals surface area contributed by atoms with Gasteiger partial charge < -0.3 is 15.2 Å². The van der Waals surface area contributed by atoms with E-state index in [0.29, 0.717) is 6.73 Å². The van der Waals surface area contributed by atoms with Gasteiger partial charge >= 0.3 is 0 Å². The maximum absolute atomic E-state index is 5.62. The Morgan fingerprint density at radius 2 is 1.87 bits per heavy atom. The zero-order valence-electron chi connectivity index (χ0n) is 8.69. The highest BCUT2D eigenvalue weighted by atomic mass is 16.5. The summed E-state index contributed by atoms with van der Waals surface area (Å²) in [7, 11) is 0. The summed E-state index contributed by atoms with van der Waals surface area (Å²) in [5, 5.41) is 0. The second-order valence-corrected chi connectivity index (χ2v) is 3.57. The Morgan fingerprint density at radius 3 is 2.53 bits per heavy atom. The molecule has 0 atom stereocenters. The number of nitrogens with two attached hydrogens (primary N) is 1. The summed E-state index contributed by atoms with van der Waals surface area (Å²) in [5.74, 6) is 0.857. The quantitative estimate of drug-likeness (QED) is 0.751. The Kier molecular flexibility index (Phi) is 3.42. The summed E-state index contributed by atoms with van der Waals surface area (Å²) in [6.07, 6.45) is 0. The molecular weight excluding hydrogens is 192 g/mol. The van der Waals surface area contributed by atoms with E-state index in [9.17, 15) is 0 Å². The molecule has 0 saturated carbocycles. The molecule has 0 unspecified atom stereocenters. The van der Waals surface area contributed by atoms with Crippen LogP contribution in [0, 0.1) is 0 Å². The van der Waals surface area contributed by atoms with E-state index < -0.39 is 0 Å². The molecule has 1 aromatic rings. The topological polar surface area (TPSA) is 47.7 Å². The van der Waals surface area contributed by atoms with Crippen LogP contribution in [0.4, 0.5) is 5.69 Å². The molecule has 1 heterocycles. The zero-order valence-corrected chi connectivity index (χ0v) is 8.69. The third-order valence-corrected chi connectivity index (χ3v) is 2.40. The van der Waals surface area contributed by atoms with E-state index in [1.165, 1.54) is 0 Å². The van der Waals surface area contributed by atoms with Gasteiger partial charge in [-0.25, -0.2) is 0 Å². The van der Waals surface area contributed by atoms with Crippen LogP contribution in [0.2, 0.25) is 0 Å². The van der Waals surface area contributed by atoms with E-state index in [0.717, 1.165) is 37.7 Å². The normalized spacial score (nSPS) is 17.6. The Balaban J connectivity index is 1.79. The van der Waals surface area contributed by atoms with E-state index in [-0.39, 0.29) is 0 Å². The van der Waals surface area contributed by atoms with Crippen molar-refractivity contribution in [2.24, 2.45) is 0 Å². The van der Waals surface area contributed by atoms with Gasteiger partial charge in [0, 0.05) is 18.8 Å². The molecule has 1 aliphatic rings. The van der Waals surface area contributed by atoms with Gasteiger partial charge in [0.25, 0.3) is 0 Å². The van der Waals surface area contributed by atoms with E-state index in [1.54, 1.807) is 0 Å². The molecule has 4 nitrogen and oxygen atoms in total. The molecule has 2 rings (SSSR count). The number of benzene rings is 1. The molecule has 1 fully saturated rings. The monoisotopic (exact) mass is 208 g/mol. The highest BCUT2D eigenvalue weighted by Gasteiger charge is 2.09. The molecule has 15 heavy (non-hydrogen) atoms. The van der Waals surface area contributed by atoms with Gasteiger partial charge in [0.1, 0.15) is 12.5 Å². The van der Waals surface area contributed by atoms with Crippen molar-refractivity contribution >= 4 is 5.69 Å². The molecule has 82 valence electrons. The summed E-state index contributed by atoms with van der Waals surface area (Å²) in [6.45, 7) is 4.09. The number of nitrogen functional groups attached to an aromatic ring is 1. The van der Waals surface area contributed by atoms with Crippen LogP contribution in [0.15, 0.2) is 24.3 Å². The molecule has 1 saturated heterocycles. The highest BCUT2D eigenvalue weighted by Crippen LogP contribution is 2.13. The summed E-state index contributed by atoms with van der Waals surface area (Å²) >= 11 is 0. The predicted molar refractivity (Wildman–Crippen MR) is 58.7 cm³/mol. The Bertz CT molecular complexity index is 294. The zero-order chi connectivity index (χ0) is 10.5. The van der Waals surface area contributed by atoms with Gasteiger partial charge in [0.2, 0.25) is 0 Å². The molecule has 0 amide bonds. The fourth-order valence-corrected chi connectivity index (χ4v) is 1.46. The van der Waals surface area contributed by atoms with Gasteiger partial charge in [-0.05, 0) is 24.3 Å². The maximum Gasteiger partial charge on any atom is 0.142 e. The third kappa shape index (κ3) is 3.11. The number of hydrogen-bond acceptors (Lipinski definition) is 4. The predicted octanol–water partition coefficient (Wildman–Crippen LogP) is 0.937. The summed E-state index contributed by atoms with van der Waals surface area (Å²) in [6, 6.07) is 7.45. The van der Waals surface area contributed by atoms with Crippen LogP contribution in [-0.4, -0.2) is 37.9 Å². The van der Waals surface area contributed by atoms with Crippen LogP contribution in [0.1, 0.15) is 0 Å². The lowest BCUT2D eigenvalue weighted by Gasteiger charge is -2.26. The first-order valence-corrected chi connectivity index (χ1v) is 5.13. The van der Waals surface area contributed by atoms with Crippen LogP contribution < -0.4 is 10.5 Å². The first-order chi connectivity index (χ1) is 7.34. The molecule has 4 heteroatoms. The minimum atomic E-state index is 0.618. The van der Waals surface area contributed by atoms with Crippen LogP contribution in [0.5, 0.6) is 5.75 Å². The highest BCUT2D eigenvalue weighted by molar-refractivity contribution is 5.41. The summed E-state index contributed by atoms with van der Waals surface area (Å²) in [4.78, 5) is 2.22. The van der Waals surface area contributed by atoms with Gasteiger partial charge in [0.15, 0.2) is 0 Å². The minimum Gasteiger partial charge on any atom is -0.478 e. The van der Waals surface area contributed by atoms with Crippen molar-refractivity contribution in [3.05, 3.63) is 24.3 Å². The number of anilines is 1. The maximum atomic E-state index is 5.62. The van der Waals surface area contributed by atoms with Crippen molar-refractivity contribution in [2.45, 2.75) is 0 Å². The molecule has 1 aliphatic heterocycles. The Hall–Kier alpha value is -1.26. The molecular formula is C11H16N2O2.